The van der Waals surface area contributed by atoms with Crippen molar-refractivity contribution in [2.24, 2.45) is 5.92 Å². The van der Waals surface area contributed by atoms with Crippen LogP contribution in [0.4, 0.5) is 0 Å². The van der Waals surface area contributed by atoms with E-state index in [0.29, 0.717) is 28.4 Å². The first-order chi connectivity index (χ1) is 10.6. The van der Waals surface area contributed by atoms with E-state index < -0.39 is 10.0 Å². The molecule has 3 heterocycles. The van der Waals surface area contributed by atoms with Gasteiger partial charge in [-0.3, -0.25) is 0 Å². The molecule has 1 aromatic carbocycles. The fourth-order valence-corrected chi connectivity index (χ4v) is 6.12. The van der Waals surface area contributed by atoms with Crippen LogP contribution >= 0.6 is 11.7 Å². The third-order valence-corrected chi connectivity index (χ3v) is 7.35. The molecule has 2 atom stereocenters. The molecule has 0 aliphatic carbocycles. The Kier molecular flexibility index (Phi) is 3.44. The third-order valence-electron chi connectivity index (χ3n) is 4.85. The van der Waals surface area contributed by atoms with Gasteiger partial charge in [-0.1, -0.05) is 6.07 Å². The minimum Gasteiger partial charge on any atom is -0.305 e. The van der Waals surface area contributed by atoms with Crippen molar-refractivity contribution >= 4 is 32.8 Å². The van der Waals surface area contributed by atoms with E-state index in [2.05, 4.69) is 20.7 Å². The highest BCUT2D eigenvalue weighted by molar-refractivity contribution is 7.89. The van der Waals surface area contributed by atoms with Gasteiger partial charge in [0.1, 0.15) is 15.9 Å². The Morgan fingerprint density at radius 1 is 1.23 bits per heavy atom. The van der Waals surface area contributed by atoms with E-state index in [-0.39, 0.29) is 6.04 Å². The van der Waals surface area contributed by atoms with E-state index in [1.165, 1.54) is 0 Å². The molecule has 0 N–H and O–H groups in total. The summed E-state index contributed by atoms with van der Waals surface area (Å²) in [4.78, 5) is 2.52. The zero-order valence-corrected chi connectivity index (χ0v) is 14.0. The second kappa shape index (κ2) is 5.23. The Balaban J connectivity index is 1.76. The number of hydrogen-bond donors (Lipinski definition) is 0. The molecule has 0 radical (unpaired) electrons. The first-order valence-corrected chi connectivity index (χ1v) is 9.66. The zero-order chi connectivity index (χ0) is 15.3. The molecule has 2 unspecified atom stereocenters. The van der Waals surface area contributed by atoms with Crippen LogP contribution in [-0.2, 0) is 10.0 Å². The Morgan fingerprint density at radius 3 is 2.91 bits per heavy atom. The highest BCUT2D eigenvalue weighted by Gasteiger charge is 2.44. The lowest BCUT2D eigenvalue weighted by Gasteiger charge is -2.36. The molecule has 1 aromatic heterocycles. The highest BCUT2D eigenvalue weighted by Crippen LogP contribution is 2.36. The lowest BCUT2D eigenvalue weighted by Crippen LogP contribution is -2.48. The average molecular weight is 338 g/mol. The molecule has 2 aliphatic rings. The molecule has 22 heavy (non-hydrogen) atoms. The van der Waals surface area contributed by atoms with Crippen LogP contribution in [0.1, 0.15) is 12.8 Å². The molecule has 118 valence electrons. The molecule has 0 spiro atoms. The maximum Gasteiger partial charge on any atom is 0.245 e. The molecule has 6 nitrogen and oxygen atoms in total. The van der Waals surface area contributed by atoms with Crippen LogP contribution in [0.15, 0.2) is 23.1 Å². The predicted octanol–water partition coefficient (Wildman–Crippen LogP) is 1.41. The van der Waals surface area contributed by atoms with Gasteiger partial charge >= 0.3 is 0 Å². The Morgan fingerprint density at radius 2 is 2.05 bits per heavy atom. The molecular weight excluding hydrogens is 320 g/mol. The highest BCUT2D eigenvalue weighted by atomic mass is 32.2. The molecule has 2 aliphatic heterocycles. The maximum absolute atomic E-state index is 13.2. The van der Waals surface area contributed by atoms with E-state index in [4.69, 9.17) is 0 Å². The second-order valence-electron chi connectivity index (χ2n) is 6.17. The number of aromatic nitrogens is 2. The van der Waals surface area contributed by atoms with E-state index >= 15 is 0 Å². The van der Waals surface area contributed by atoms with E-state index in [1.54, 1.807) is 22.5 Å². The number of likely N-dealkylation sites (tertiary alicyclic amines) is 1. The van der Waals surface area contributed by atoms with Crippen LogP contribution in [0.25, 0.3) is 11.0 Å². The number of piperidine rings is 1. The normalized spacial score (nSPS) is 27.3. The molecule has 2 fully saturated rings. The smallest absolute Gasteiger partial charge is 0.245 e. The summed E-state index contributed by atoms with van der Waals surface area (Å²) in [6.07, 6.45) is 2.04. The van der Waals surface area contributed by atoms with E-state index in [0.717, 1.165) is 37.7 Å². The number of benzene rings is 1. The van der Waals surface area contributed by atoms with E-state index in [9.17, 15) is 8.42 Å². The van der Waals surface area contributed by atoms with Crippen molar-refractivity contribution in [1.29, 1.82) is 0 Å². The van der Waals surface area contributed by atoms with Crippen LogP contribution in [0, 0.1) is 5.92 Å². The maximum atomic E-state index is 13.2. The molecular formula is C14H18N4O2S2. The van der Waals surface area contributed by atoms with Gasteiger partial charge < -0.3 is 4.90 Å². The summed E-state index contributed by atoms with van der Waals surface area (Å²) in [5.41, 5.74) is 1.16. The van der Waals surface area contributed by atoms with Crippen molar-refractivity contribution in [3.63, 3.8) is 0 Å². The summed E-state index contributed by atoms with van der Waals surface area (Å²) in [5.74, 6) is 0.485. The van der Waals surface area contributed by atoms with Gasteiger partial charge in [0.05, 0.1) is 11.7 Å². The van der Waals surface area contributed by atoms with Gasteiger partial charge in [-0.15, -0.1) is 0 Å². The molecule has 0 saturated carbocycles. The summed E-state index contributed by atoms with van der Waals surface area (Å²) in [6.45, 7) is 2.48. The lowest BCUT2D eigenvalue weighted by atomic mass is 9.93. The fraction of sp³-hybridized carbons (Fsp3) is 0.571. The SMILES string of the molecule is CN1CCC2CCN(S(=O)(=O)c3cccc4nsnc34)C2C1. The van der Waals surface area contributed by atoms with Crippen molar-refractivity contribution in [2.75, 3.05) is 26.7 Å². The molecule has 8 heteroatoms. The van der Waals surface area contributed by atoms with Gasteiger partial charge in [0.15, 0.2) is 0 Å². The predicted molar refractivity (Wildman–Crippen MR) is 85.3 cm³/mol. The summed E-state index contributed by atoms with van der Waals surface area (Å²) in [5, 5.41) is 0. The number of nitrogens with zero attached hydrogens (tertiary/aromatic N) is 4. The standard InChI is InChI=1S/C14H18N4O2S2/c1-17-7-5-10-6-8-18(12(10)9-17)22(19,20)13-4-2-3-11-14(13)16-21-15-11/h2-4,10,12H,5-9H2,1H3. The van der Waals surface area contributed by atoms with Gasteiger partial charge in [0, 0.05) is 19.1 Å². The second-order valence-corrected chi connectivity index (χ2v) is 8.56. The third kappa shape index (κ3) is 2.17. The van der Waals surface area contributed by atoms with Crippen molar-refractivity contribution in [1.82, 2.24) is 18.0 Å². The van der Waals surface area contributed by atoms with Gasteiger partial charge in [0.2, 0.25) is 10.0 Å². The number of likely N-dealkylation sites (N-methyl/N-ethyl adjacent to an activating group) is 1. The zero-order valence-electron chi connectivity index (χ0n) is 12.3. The van der Waals surface area contributed by atoms with Gasteiger partial charge in [-0.05, 0) is 44.5 Å². The Hall–Kier alpha value is -1.09. The van der Waals surface area contributed by atoms with Crippen molar-refractivity contribution in [3.8, 4) is 0 Å². The number of sulfonamides is 1. The monoisotopic (exact) mass is 338 g/mol. The van der Waals surface area contributed by atoms with Crippen LogP contribution in [0.5, 0.6) is 0 Å². The summed E-state index contributed by atoms with van der Waals surface area (Å²) in [6, 6.07) is 5.29. The van der Waals surface area contributed by atoms with Crippen LogP contribution in [0.2, 0.25) is 0 Å². The molecule has 0 bridgehead atoms. The summed E-state index contributed by atoms with van der Waals surface area (Å²) >= 11 is 1.06. The minimum absolute atomic E-state index is 0.0885. The number of fused-ring (bicyclic) bond motifs is 2. The quantitative estimate of drug-likeness (QED) is 0.828. The molecule has 0 amide bonds. The van der Waals surface area contributed by atoms with Crippen molar-refractivity contribution < 1.29 is 8.42 Å². The largest absolute Gasteiger partial charge is 0.305 e. The van der Waals surface area contributed by atoms with Crippen LogP contribution in [0.3, 0.4) is 0 Å². The van der Waals surface area contributed by atoms with E-state index in [1.807, 2.05) is 0 Å². The molecule has 4 rings (SSSR count). The number of rotatable bonds is 2. The Bertz CT molecular complexity index is 804. The molecule has 2 saturated heterocycles. The average Bonchev–Trinajstić information content (AvgIpc) is 3.12. The van der Waals surface area contributed by atoms with Crippen molar-refractivity contribution in [3.05, 3.63) is 18.2 Å². The Labute approximate surface area is 134 Å². The minimum atomic E-state index is -3.52. The van der Waals surface area contributed by atoms with Gasteiger partial charge in [-0.25, -0.2) is 8.42 Å². The topological polar surface area (TPSA) is 66.4 Å². The first-order valence-electron chi connectivity index (χ1n) is 7.49. The first kappa shape index (κ1) is 14.5. The van der Waals surface area contributed by atoms with Gasteiger partial charge in [-0.2, -0.15) is 13.1 Å². The van der Waals surface area contributed by atoms with Crippen molar-refractivity contribution in [2.45, 2.75) is 23.8 Å². The molecule has 2 aromatic rings. The van der Waals surface area contributed by atoms with Crippen LogP contribution < -0.4 is 0 Å². The lowest BCUT2D eigenvalue weighted by molar-refractivity contribution is 0.165. The number of hydrogen-bond acceptors (Lipinski definition) is 6. The van der Waals surface area contributed by atoms with Gasteiger partial charge in [0.25, 0.3) is 0 Å². The van der Waals surface area contributed by atoms with Crippen LogP contribution in [-0.4, -0.2) is 59.1 Å². The summed E-state index contributed by atoms with van der Waals surface area (Å²) < 4.78 is 36.3. The fourth-order valence-electron chi connectivity index (χ4n) is 3.67. The summed E-state index contributed by atoms with van der Waals surface area (Å²) in [7, 11) is -1.46.